The van der Waals surface area contributed by atoms with Gasteiger partial charge in [0.1, 0.15) is 5.15 Å². The normalized spacial score (nSPS) is 17.7. The minimum absolute atomic E-state index is 0.451. The summed E-state index contributed by atoms with van der Waals surface area (Å²) < 4.78 is 10.6. The van der Waals surface area contributed by atoms with E-state index >= 15 is 0 Å². The number of hydrogen-bond acceptors (Lipinski definition) is 3. The van der Waals surface area contributed by atoms with E-state index in [0.717, 1.165) is 16.7 Å². The number of ether oxygens (including phenoxy) is 2. The van der Waals surface area contributed by atoms with Crippen molar-refractivity contribution in [3.05, 3.63) is 28.4 Å². The van der Waals surface area contributed by atoms with E-state index in [1.165, 1.54) is 0 Å². The van der Waals surface area contributed by atoms with Gasteiger partial charge < -0.3 is 9.47 Å². The fourth-order valence-corrected chi connectivity index (χ4v) is 1.88. The van der Waals surface area contributed by atoms with Crippen molar-refractivity contribution >= 4 is 17.2 Å². The van der Waals surface area contributed by atoms with Gasteiger partial charge in [0.2, 0.25) is 5.88 Å². The molecule has 0 spiro atoms. The van der Waals surface area contributed by atoms with Crippen molar-refractivity contribution < 1.29 is 9.47 Å². The predicted octanol–water partition coefficient (Wildman–Crippen LogP) is 2.68. The SMILES string of the molecule is C/C=C1\COCc2c1cc(Cl)nc2OC. The first-order valence-corrected chi connectivity index (χ1v) is 5.10. The van der Waals surface area contributed by atoms with E-state index in [1.54, 1.807) is 7.11 Å². The number of fused-ring (bicyclic) bond motifs is 1. The number of methoxy groups -OCH3 is 1. The zero-order valence-corrected chi connectivity index (χ0v) is 9.47. The highest BCUT2D eigenvalue weighted by atomic mass is 35.5. The summed E-state index contributed by atoms with van der Waals surface area (Å²) in [7, 11) is 1.59. The summed E-state index contributed by atoms with van der Waals surface area (Å²) in [6.45, 7) is 3.13. The van der Waals surface area contributed by atoms with Gasteiger partial charge in [-0.05, 0) is 24.1 Å². The first-order chi connectivity index (χ1) is 7.26. The molecule has 1 aliphatic rings. The summed E-state index contributed by atoms with van der Waals surface area (Å²) in [5, 5.41) is 0.451. The molecule has 0 N–H and O–H groups in total. The average molecular weight is 226 g/mol. The van der Waals surface area contributed by atoms with Crippen molar-refractivity contribution in [3.8, 4) is 5.88 Å². The number of hydrogen-bond donors (Lipinski definition) is 0. The molecule has 0 radical (unpaired) electrons. The van der Waals surface area contributed by atoms with Gasteiger partial charge in [0.15, 0.2) is 0 Å². The topological polar surface area (TPSA) is 31.4 Å². The van der Waals surface area contributed by atoms with E-state index in [2.05, 4.69) is 4.98 Å². The molecule has 80 valence electrons. The first kappa shape index (κ1) is 10.5. The molecule has 2 rings (SSSR count). The van der Waals surface area contributed by atoms with Crippen LogP contribution in [0.15, 0.2) is 12.1 Å². The van der Waals surface area contributed by atoms with E-state index in [-0.39, 0.29) is 0 Å². The first-order valence-electron chi connectivity index (χ1n) is 4.73. The summed E-state index contributed by atoms with van der Waals surface area (Å²) in [4.78, 5) is 4.11. The maximum Gasteiger partial charge on any atom is 0.220 e. The second-order valence-electron chi connectivity index (χ2n) is 3.29. The molecule has 0 bridgehead atoms. The van der Waals surface area contributed by atoms with Crippen LogP contribution >= 0.6 is 11.6 Å². The lowest BCUT2D eigenvalue weighted by Crippen LogP contribution is -2.11. The summed E-state index contributed by atoms with van der Waals surface area (Å²) in [5.74, 6) is 0.552. The van der Waals surface area contributed by atoms with Crippen molar-refractivity contribution in [1.29, 1.82) is 0 Å². The Balaban J connectivity index is 2.61. The maximum absolute atomic E-state index is 5.92. The van der Waals surface area contributed by atoms with Gasteiger partial charge in [-0.2, -0.15) is 0 Å². The molecule has 1 aromatic rings. The molecule has 3 nitrogen and oxygen atoms in total. The Labute approximate surface area is 93.7 Å². The van der Waals surface area contributed by atoms with Gasteiger partial charge in [0.05, 0.1) is 20.3 Å². The lowest BCUT2D eigenvalue weighted by atomic mass is 10.00. The van der Waals surface area contributed by atoms with Crippen LogP contribution in [0.1, 0.15) is 18.1 Å². The number of rotatable bonds is 1. The zero-order valence-electron chi connectivity index (χ0n) is 8.71. The third-order valence-corrected chi connectivity index (χ3v) is 2.64. The highest BCUT2D eigenvalue weighted by Crippen LogP contribution is 2.32. The summed E-state index contributed by atoms with van der Waals surface area (Å²) in [6, 6.07) is 1.86. The van der Waals surface area contributed by atoms with E-state index in [4.69, 9.17) is 21.1 Å². The number of halogens is 1. The molecule has 15 heavy (non-hydrogen) atoms. The Morgan fingerprint density at radius 1 is 1.53 bits per heavy atom. The van der Waals surface area contributed by atoms with Gasteiger partial charge in [-0.1, -0.05) is 17.7 Å². The van der Waals surface area contributed by atoms with Crippen LogP contribution in [0.3, 0.4) is 0 Å². The molecule has 1 aromatic heterocycles. The smallest absolute Gasteiger partial charge is 0.220 e. The number of aromatic nitrogens is 1. The molecule has 2 heterocycles. The molecular formula is C11H12ClNO2. The molecule has 1 aliphatic heterocycles. The predicted molar refractivity (Wildman–Crippen MR) is 59.1 cm³/mol. The number of nitrogens with zero attached hydrogens (tertiary/aromatic N) is 1. The Hall–Kier alpha value is -1.06. The Kier molecular flexibility index (Phi) is 2.93. The summed E-state index contributed by atoms with van der Waals surface area (Å²) in [6.07, 6.45) is 2.02. The molecule has 0 saturated heterocycles. The lowest BCUT2D eigenvalue weighted by Gasteiger charge is -2.21. The minimum atomic E-state index is 0.451. The standard InChI is InChI=1S/C11H12ClNO2/c1-3-7-5-15-6-9-8(7)4-10(12)13-11(9)14-2/h3-4H,5-6H2,1-2H3/b7-3+. The molecular weight excluding hydrogens is 214 g/mol. The summed E-state index contributed by atoms with van der Waals surface area (Å²) in [5.41, 5.74) is 3.18. The van der Waals surface area contributed by atoms with Gasteiger partial charge in [-0.25, -0.2) is 4.98 Å². The van der Waals surface area contributed by atoms with E-state index in [1.807, 2.05) is 19.1 Å². The largest absolute Gasteiger partial charge is 0.481 e. The average Bonchev–Trinajstić information content (AvgIpc) is 2.27. The van der Waals surface area contributed by atoms with E-state index in [9.17, 15) is 0 Å². The number of allylic oxidation sites excluding steroid dienone is 1. The molecule has 4 heteroatoms. The second-order valence-corrected chi connectivity index (χ2v) is 3.67. The van der Waals surface area contributed by atoms with Gasteiger partial charge >= 0.3 is 0 Å². The molecule has 0 atom stereocenters. The van der Waals surface area contributed by atoms with Gasteiger partial charge in [0.25, 0.3) is 0 Å². The molecule has 0 unspecified atom stereocenters. The highest BCUT2D eigenvalue weighted by molar-refractivity contribution is 6.29. The van der Waals surface area contributed by atoms with Crippen LogP contribution in [0.25, 0.3) is 5.57 Å². The highest BCUT2D eigenvalue weighted by Gasteiger charge is 2.19. The van der Waals surface area contributed by atoms with Crippen LogP contribution < -0.4 is 4.74 Å². The van der Waals surface area contributed by atoms with Crippen molar-refractivity contribution in [2.75, 3.05) is 13.7 Å². The lowest BCUT2D eigenvalue weighted by molar-refractivity contribution is 0.143. The molecule has 0 aliphatic carbocycles. The zero-order chi connectivity index (χ0) is 10.8. The molecule has 0 saturated carbocycles. The van der Waals surface area contributed by atoms with Crippen LogP contribution in [-0.2, 0) is 11.3 Å². The van der Waals surface area contributed by atoms with E-state index in [0.29, 0.717) is 24.2 Å². The van der Waals surface area contributed by atoms with Crippen LogP contribution in [0.4, 0.5) is 0 Å². The van der Waals surface area contributed by atoms with Crippen LogP contribution in [0, 0.1) is 0 Å². The summed E-state index contributed by atoms with van der Waals surface area (Å²) >= 11 is 5.92. The van der Waals surface area contributed by atoms with Crippen molar-refractivity contribution in [2.24, 2.45) is 0 Å². The van der Waals surface area contributed by atoms with Gasteiger partial charge in [-0.3, -0.25) is 0 Å². The molecule has 0 aromatic carbocycles. The quantitative estimate of drug-likeness (QED) is 0.689. The molecule has 0 fully saturated rings. The Bertz CT molecular complexity index is 415. The van der Waals surface area contributed by atoms with Crippen LogP contribution in [-0.4, -0.2) is 18.7 Å². The molecule has 0 amide bonds. The fraction of sp³-hybridized carbons (Fsp3) is 0.364. The number of pyridine rings is 1. The Morgan fingerprint density at radius 2 is 2.33 bits per heavy atom. The fourth-order valence-electron chi connectivity index (χ4n) is 1.69. The van der Waals surface area contributed by atoms with Crippen LogP contribution in [0.2, 0.25) is 5.15 Å². The third-order valence-electron chi connectivity index (χ3n) is 2.45. The van der Waals surface area contributed by atoms with Crippen molar-refractivity contribution in [1.82, 2.24) is 4.98 Å². The van der Waals surface area contributed by atoms with Crippen molar-refractivity contribution in [3.63, 3.8) is 0 Å². The van der Waals surface area contributed by atoms with Gasteiger partial charge in [-0.15, -0.1) is 0 Å². The monoisotopic (exact) mass is 225 g/mol. The van der Waals surface area contributed by atoms with Crippen molar-refractivity contribution in [2.45, 2.75) is 13.5 Å². The van der Waals surface area contributed by atoms with Gasteiger partial charge in [0, 0.05) is 5.56 Å². The minimum Gasteiger partial charge on any atom is -0.481 e. The maximum atomic E-state index is 5.92. The second kappa shape index (κ2) is 4.21. The van der Waals surface area contributed by atoms with Crippen LogP contribution in [0.5, 0.6) is 5.88 Å². The third kappa shape index (κ3) is 1.85. The Morgan fingerprint density at radius 3 is 3.00 bits per heavy atom. The van der Waals surface area contributed by atoms with E-state index < -0.39 is 0 Å².